The molecular weight excluding hydrogens is 401 g/mol. The molecule has 3 heterocycles. The van der Waals surface area contributed by atoms with E-state index in [0.29, 0.717) is 49.7 Å². The van der Waals surface area contributed by atoms with E-state index in [0.717, 1.165) is 19.0 Å². The van der Waals surface area contributed by atoms with Crippen molar-refractivity contribution in [1.82, 2.24) is 19.8 Å². The lowest BCUT2D eigenvalue weighted by atomic mass is 10.1. The molecular formula is C22H26FN5O3. The SMILES string of the molecule is CC(=O)N1CCC(Nc2ncc(F)c(-c3cccc(C(=O)N4CC[C@@H](O)C4)c3)n2)CC1. The second-order valence-corrected chi connectivity index (χ2v) is 8.09. The molecule has 31 heavy (non-hydrogen) atoms. The Morgan fingerprint density at radius 3 is 2.58 bits per heavy atom. The van der Waals surface area contributed by atoms with Gasteiger partial charge in [-0.1, -0.05) is 12.1 Å². The minimum absolute atomic E-state index is 0.0663. The Morgan fingerprint density at radius 2 is 1.90 bits per heavy atom. The van der Waals surface area contributed by atoms with Gasteiger partial charge in [-0.3, -0.25) is 9.59 Å². The summed E-state index contributed by atoms with van der Waals surface area (Å²) in [6.45, 7) is 3.70. The molecule has 0 aliphatic carbocycles. The first-order chi connectivity index (χ1) is 14.9. The summed E-state index contributed by atoms with van der Waals surface area (Å²) in [6, 6.07) is 6.80. The van der Waals surface area contributed by atoms with Gasteiger partial charge in [0.05, 0.1) is 12.3 Å². The Kier molecular flexibility index (Phi) is 6.13. The molecule has 4 rings (SSSR count). The zero-order chi connectivity index (χ0) is 22.0. The normalized spacial score (nSPS) is 19.5. The lowest BCUT2D eigenvalue weighted by Gasteiger charge is -2.31. The largest absolute Gasteiger partial charge is 0.391 e. The van der Waals surface area contributed by atoms with Gasteiger partial charge in [-0.2, -0.15) is 0 Å². The summed E-state index contributed by atoms with van der Waals surface area (Å²) in [5.74, 6) is -0.379. The second kappa shape index (κ2) is 8.97. The zero-order valence-electron chi connectivity index (χ0n) is 17.4. The molecule has 8 nitrogen and oxygen atoms in total. The zero-order valence-corrected chi connectivity index (χ0v) is 17.4. The lowest BCUT2D eigenvalue weighted by Crippen LogP contribution is -2.41. The Bertz CT molecular complexity index is 977. The standard InChI is InChI=1S/C22H26FN5O3/c1-14(29)27-8-5-17(6-9-27)25-22-24-12-19(23)20(26-22)15-3-2-4-16(11-15)21(31)28-10-7-18(30)13-28/h2-4,11-12,17-18,30H,5-10,13H2,1H3,(H,24,25,26)/t18-/m1/s1. The third-order valence-electron chi connectivity index (χ3n) is 5.85. The van der Waals surface area contributed by atoms with E-state index in [4.69, 9.17) is 0 Å². The van der Waals surface area contributed by atoms with Crippen molar-refractivity contribution in [2.45, 2.75) is 38.3 Å². The Balaban J connectivity index is 1.50. The third-order valence-corrected chi connectivity index (χ3v) is 5.85. The molecule has 2 aliphatic rings. The highest BCUT2D eigenvalue weighted by Crippen LogP contribution is 2.24. The van der Waals surface area contributed by atoms with Crippen LogP contribution < -0.4 is 5.32 Å². The minimum Gasteiger partial charge on any atom is -0.391 e. The first-order valence-electron chi connectivity index (χ1n) is 10.5. The summed E-state index contributed by atoms with van der Waals surface area (Å²) in [4.78, 5) is 36.0. The number of amides is 2. The van der Waals surface area contributed by atoms with E-state index in [1.54, 1.807) is 41.0 Å². The number of anilines is 1. The van der Waals surface area contributed by atoms with Crippen LogP contribution in [-0.2, 0) is 4.79 Å². The molecule has 0 radical (unpaired) electrons. The lowest BCUT2D eigenvalue weighted by molar-refractivity contribution is -0.129. The van der Waals surface area contributed by atoms with E-state index >= 15 is 0 Å². The maximum atomic E-state index is 14.5. The summed E-state index contributed by atoms with van der Waals surface area (Å²) in [5, 5.41) is 12.9. The van der Waals surface area contributed by atoms with Crippen LogP contribution in [0.1, 0.15) is 36.5 Å². The van der Waals surface area contributed by atoms with E-state index in [1.807, 2.05) is 0 Å². The Morgan fingerprint density at radius 1 is 1.16 bits per heavy atom. The number of rotatable bonds is 4. The molecule has 0 unspecified atom stereocenters. The molecule has 2 fully saturated rings. The number of halogens is 1. The van der Waals surface area contributed by atoms with Crippen molar-refractivity contribution < 1.29 is 19.1 Å². The highest BCUT2D eigenvalue weighted by Gasteiger charge is 2.26. The van der Waals surface area contributed by atoms with E-state index in [-0.39, 0.29) is 23.6 Å². The van der Waals surface area contributed by atoms with Crippen LogP contribution in [-0.4, -0.2) is 75.0 Å². The minimum atomic E-state index is -0.571. The molecule has 0 bridgehead atoms. The van der Waals surface area contributed by atoms with Crippen molar-refractivity contribution in [2.24, 2.45) is 0 Å². The summed E-state index contributed by atoms with van der Waals surface area (Å²) >= 11 is 0. The molecule has 2 aromatic rings. The van der Waals surface area contributed by atoms with Crippen molar-refractivity contribution in [3.63, 3.8) is 0 Å². The highest BCUT2D eigenvalue weighted by molar-refractivity contribution is 5.95. The number of aliphatic hydroxyl groups is 1. The van der Waals surface area contributed by atoms with E-state index in [2.05, 4.69) is 15.3 Å². The van der Waals surface area contributed by atoms with Gasteiger partial charge in [-0.05, 0) is 31.4 Å². The molecule has 1 aromatic heterocycles. The van der Waals surface area contributed by atoms with Crippen LogP contribution in [0.5, 0.6) is 0 Å². The maximum absolute atomic E-state index is 14.5. The van der Waals surface area contributed by atoms with Crippen LogP contribution >= 0.6 is 0 Å². The van der Waals surface area contributed by atoms with Crippen LogP contribution in [0.25, 0.3) is 11.3 Å². The number of nitrogens with one attached hydrogen (secondary N) is 1. The first kappa shape index (κ1) is 21.2. The fraction of sp³-hybridized carbons (Fsp3) is 0.455. The van der Waals surface area contributed by atoms with Gasteiger partial charge in [-0.25, -0.2) is 14.4 Å². The van der Waals surface area contributed by atoms with Gasteiger partial charge in [0.25, 0.3) is 5.91 Å². The average molecular weight is 427 g/mol. The van der Waals surface area contributed by atoms with Crippen molar-refractivity contribution in [3.05, 3.63) is 41.8 Å². The maximum Gasteiger partial charge on any atom is 0.253 e. The fourth-order valence-electron chi connectivity index (χ4n) is 4.07. The summed E-state index contributed by atoms with van der Waals surface area (Å²) in [5.41, 5.74) is 1.03. The molecule has 0 spiro atoms. The molecule has 2 aliphatic heterocycles. The van der Waals surface area contributed by atoms with E-state index < -0.39 is 11.9 Å². The van der Waals surface area contributed by atoms with Gasteiger partial charge < -0.3 is 20.2 Å². The van der Waals surface area contributed by atoms with Crippen molar-refractivity contribution in [2.75, 3.05) is 31.5 Å². The summed E-state index contributed by atoms with van der Waals surface area (Å²) < 4.78 is 14.5. The van der Waals surface area contributed by atoms with Crippen LogP contribution in [0, 0.1) is 5.82 Å². The molecule has 164 valence electrons. The predicted octanol–water partition coefficient (Wildman–Crippen LogP) is 1.91. The number of nitrogens with zero attached hydrogens (tertiary/aromatic N) is 4. The first-order valence-corrected chi connectivity index (χ1v) is 10.5. The Hall–Kier alpha value is -3.07. The van der Waals surface area contributed by atoms with Crippen LogP contribution in [0.2, 0.25) is 0 Å². The second-order valence-electron chi connectivity index (χ2n) is 8.09. The number of likely N-dealkylation sites (tertiary alicyclic amines) is 2. The number of hydrogen-bond donors (Lipinski definition) is 2. The number of β-amino-alcohol motifs (C(OH)–C–C–N with tert-alkyl or cyclic N) is 1. The predicted molar refractivity (Wildman–Crippen MR) is 113 cm³/mol. The molecule has 2 N–H and O–H groups in total. The molecule has 2 saturated heterocycles. The summed E-state index contributed by atoms with van der Waals surface area (Å²) in [6.07, 6.45) is 2.72. The number of carbonyl (C=O) groups excluding carboxylic acids is 2. The molecule has 9 heteroatoms. The van der Waals surface area contributed by atoms with Crippen LogP contribution in [0.15, 0.2) is 30.5 Å². The number of aromatic nitrogens is 2. The van der Waals surface area contributed by atoms with Crippen LogP contribution in [0.4, 0.5) is 10.3 Å². The topological polar surface area (TPSA) is 98.7 Å². The molecule has 2 amide bonds. The molecule has 1 aromatic carbocycles. The molecule has 1 atom stereocenters. The van der Waals surface area contributed by atoms with Gasteiger partial charge >= 0.3 is 0 Å². The van der Waals surface area contributed by atoms with Gasteiger partial charge in [-0.15, -0.1) is 0 Å². The van der Waals surface area contributed by atoms with Gasteiger partial charge in [0, 0.05) is 50.3 Å². The highest BCUT2D eigenvalue weighted by atomic mass is 19.1. The number of carbonyl (C=O) groups is 2. The smallest absolute Gasteiger partial charge is 0.253 e. The van der Waals surface area contributed by atoms with E-state index in [1.165, 1.54) is 0 Å². The summed E-state index contributed by atoms with van der Waals surface area (Å²) in [7, 11) is 0. The van der Waals surface area contributed by atoms with E-state index in [9.17, 15) is 19.1 Å². The van der Waals surface area contributed by atoms with Crippen molar-refractivity contribution >= 4 is 17.8 Å². The number of benzene rings is 1. The van der Waals surface area contributed by atoms with Crippen LogP contribution in [0.3, 0.4) is 0 Å². The number of aliphatic hydroxyl groups excluding tert-OH is 1. The Labute approximate surface area is 180 Å². The van der Waals surface area contributed by atoms with Gasteiger partial charge in [0.2, 0.25) is 11.9 Å². The average Bonchev–Trinajstić information content (AvgIpc) is 3.21. The van der Waals surface area contributed by atoms with Gasteiger partial charge in [0.15, 0.2) is 5.82 Å². The van der Waals surface area contributed by atoms with Crippen molar-refractivity contribution in [3.8, 4) is 11.3 Å². The number of piperidine rings is 1. The third kappa shape index (κ3) is 4.82. The quantitative estimate of drug-likeness (QED) is 0.774. The fourth-order valence-corrected chi connectivity index (χ4v) is 4.07. The van der Waals surface area contributed by atoms with Gasteiger partial charge in [0.1, 0.15) is 5.69 Å². The number of hydrogen-bond acceptors (Lipinski definition) is 6. The van der Waals surface area contributed by atoms with Crippen molar-refractivity contribution in [1.29, 1.82) is 0 Å². The monoisotopic (exact) mass is 427 g/mol. The molecule has 0 saturated carbocycles.